The van der Waals surface area contributed by atoms with Crippen molar-refractivity contribution in [3.8, 4) is 0 Å². The number of carbonyl (C=O) groups is 1. The number of nitrogens with zero attached hydrogens (tertiary/aromatic N) is 2. The molecule has 1 saturated heterocycles. The summed E-state index contributed by atoms with van der Waals surface area (Å²) in [6.45, 7) is 7.89. The number of furan rings is 1. The zero-order chi connectivity index (χ0) is 16.8. The van der Waals surface area contributed by atoms with Gasteiger partial charge in [-0.25, -0.2) is 0 Å². The molecule has 128 valence electrons. The second-order valence-electron chi connectivity index (χ2n) is 6.40. The Hall–Kier alpha value is -2.11. The second kappa shape index (κ2) is 8.13. The molecular formula is C19H25N3O2. The van der Waals surface area contributed by atoms with Gasteiger partial charge in [-0.2, -0.15) is 0 Å². The molecule has 24 heavy (non-hydrogen) atoms. The van der Waals surface area contributed by atoms with E-state index in [0.717, 1.165) is 38.5 Å². The average molecular weight is 327 g/mol. The van der Waals surface area contributed by atoms with Gasteiger partial charge in [-0.1, -0.05) is 29.8 Å². The Morgan fingerprint density at radius 3 is 2.62 bits per heavy atom. The molecule has 0 radical (unpaired) electrons. The third-order valence-corrected chi connectivity index (χ3v) is 4.36. The summed E-state index contributed by atoms with van der Waals surface area (Å²) in [5.74, 6) is 0.838. The highest BCUT2D eigenvalue weighted by molar-refractivity contribution is 5.77. The standard InChI is InChI=1S/C19H25N3O2/c1-16-4-2-5-17(12-16)14-21-7-9-22(10-8-21)15-19(23)20-13-18-6-3-11-24-18/h2-6,11-12H,7-10,13-15H2,1H3,(H,20,23). The van der Waals surface area contributed by atoms with Gasteiger partial charge in [0.05, 0.1) is 19.4 Å². The zero-order valence-electron chi connectivity index (χ0n) is 14.2. The molecule has 0 unspecified atom stereocenters. The molecule has 1 fully saturated rings. The van der Waals surface area contributed by atoms with E-state index >= 15 is 0 Å². The summed E-state index contributed by atoms with van der Waals surface area (Å²) in [6, 6.07) is 12.4. The van der Waals surface area contributed by atoms with Crippen LogP contribution in [-0.2, 0) is 17.9 Å². The lowest BCUT2D eigenvalue weighted by Crippen LogP contribution is -2.49. The van der Waals surface area contributed by atoms with Crippen molar-refractivity contribution in [3.63, 3.8) is 0 Å². The van der Waals surface area contributed by atoms with E-state index in [1.807, 2.05) is 12.1 Å². The Kier molecular flexibility index (Phi) is 5.67. The van der Waals surface area contributed by atoms with Crippen LogP contribution in [-0.4, -0.2) is 48.4 Å². The first-order valence-corrected chi connectivity index (χ1v) is 8.48. The van der Waals surface area contributed by atoms with Gasteiger partial charge >= 0.3 is 0 Å². The minimum absolute atomic E-state index is 0.0542. The van der Waals surface area contributed by atoms with E-state index in [2.05, 4.69) is 46.3 Å². The maximum atomic E-state index is 12.0. The molecule has 1 amide bonds. The molecule has 2 aromatic rings. The Balaban J connectivity index is 1.38. The quantitative estimate of drug-likeness (QED) is 0.882. The number of hydrogen-bond acceptors (Lipinski definition) is 4. The van der Waals surface area contributed by atoms with E-state index in [1.165, 1.54) is 11.1 Å². The number of hydrogen-bond donors (Lipinski definition) is 1. The van der Waals surface area contributed by atoms with E-state index in [4.69, 9.17) is 4.42 Å². The summed E-state index contributed by atoms with van der Waals surface area (Å²) in [5.41, 5.74) is 2.67. The van der Waals surface area contributed by atoms with Gasteiger partial charge in [-0.05, 0) is 24.6 Å². The zero-order valence-corrected chi connectivity index (χ0v) is 14.2. The van der Waals surface area contributed by atoms with Crippen molar-refractivity contribution >= 4 is 5.91 Å². The Bertz CT molecular complexity index is 646. The normalized spacial score (nSPS) is 16.2. The first-order chi connectivity index (χ1) is 11.7. The van der Waals surface area contributed by atoms with Crippen LogP contribution in [0.4, 0.5) is 0 Å². The topological polar surface area (TPSA) is 48.7 Å². The molecule has 5 heteroatoms. The third kappa shape index (κ3) is 4.94. The van der Waals surface area contributed by atoms with Crippen molar-refractivity contribution in [2.24, 2.45) is 0 Å². The number of aryl methyl sites for hydroxylation is 1. The lowest BCUT2D eigenvalue weighted by atomic mass is 10.1. The van der Waals surface area contributed by atoms with Crippen LogP contribution >= 0.6 is 0 Å². The monoisotopic (exact) mass is 327 g/mol. The third-order valence-electron chi connectivity index (χ3n) is 4.36. The number of benzene rings is 1. The highest BCUT2D eigenvalue weighted by Gasteiger charge is 2.19. The lowest BCUT2D eigenvalue weighted by molar-refractivity contribution is -0.122. The summed E-state index contributed by atoms with van der Waals surface area (Å²) >= 11 is 0. The molecule has 0 atom stereocenters. The van der Waals surface area contributed by atoms with Crippen molar-refractivity contribution in [1.29, 1.82) is 0 Å². The molecule has 3 rings (SSSR count). The number of rotatable bonds is 6. The highest BCUT2D eigenvalue weighted by atomic mass is 16.3. The number of amides is 1. The van der Waals surface area contributed by atoms with Crippen LogP contribution in [0, 0.1) is 6.92 Å². The van der Waals surface area contributed by atoms with Gasteiger partial charge in [0.25, 0.3) is 0 Å². The van der Waals surface area contributed by atoms with Crippen LogP contribution < -0.4 is 5.32 Å². The van der Waals surface area contributed by atoms with Crippen LogP contribution in [0.15, 0.2) is 47.1 Å². The number of nitrogens with one attached hydrogen (secondary N) is 1. The van der Waals surface area contributed by atoms with Gasteiger partial charge in [0.1, 0.15) is 5.76 Å². The predicted octanol–water partition coefficient (Wildman–Crippen LogP) is 2.02. The molecule has 1 N–H and O–H groups in total. The predicted molar refractivity (Wildman–Crippen MR) is 93.5 cm³/mol. The molecule has 0 bridgehead atoms. The fraction of sp³-hybridized carbons (Fsp3) is 0.421. The van der Waals surface area contributed by atoms with Crippen LogP contribution in [0.2, 0.25) is 0 Å². The Morgan fingerprint density at radius 1 is 1.12 bits per heavy atom. The smallest absolute Gasteiger partial charge is 0.234 e. The molecule has 1 aromatic carbocycles. The van der Waals surface area contributed by atoms with E-state index in [-0.39, 0.29) is 5.91 Å². The van der Waals surface area contributed by atoms with Gasteiger partial charge in [0, 0.05) is 32.7 Å². The van der Waals surface area contributed by atoms with Gasteiger partial charge in [0.2, 0.25) is 5.91 Å². The summed E-state index contributed by atoms with van der Waals surface area (Å²) in [5, 5.41) is 2.90. The second-order valence-corrected chi connectivity index (χ2v) is 6.40. The molecule has 0 aliphatic carbocycles. The first-order valence-electron chi connectivity index (χ1n) is 8.48. The lowest BCUT2D eigenvalue weighted by Gasteiger charge is -2.34. The first kappa shape index (κ1) is 16.7. The summed E-state index contributed by atoms with van der Waals surface area (Å²) in [6.07, 6.45) is 1.62. The molecular weight excluding hydrogens is 302 g/mol. The van der Waals surface area contributed by atoms with Crippen LogP contribution in [0.25, 0.3) is 0 Å². The summed E-state index contributed by atoms with van der Waals surface area (Å²) < 4.78 is 5.22. The fourth-order valence-electron chi connectivity index (χ4n) is 3.03. The van der Waals surface area contributed by atoms with Crippen LogP contribution in [0.1, 0.15) is 16.9 Å². The van der Waals surface area contributed by atoms with Crippen molar-refractivity contribution in [1.82, 2.24) is 15.1 Å². The van der Waals surface area contributed by atoms with Crippen molar-refractivity contribution in [2.45, 2.75) is 20.0 Å². The fourth-order valence-corrected chi connectivity index (χ4v) is 3.03. The Labute approximate surface area is 143 Å². The van der Waals surface area contributed by atoms with Gasteiger partial charge in [-0.3, -0.25) is 14.6 Å². The van der Waals surface area contributed by atoms with Crippen molar-refractivity contribution in [2.75, 3.05) is 32.7 Å². The van der Waals surface area contributed by atoms with Crippen LogP contribution in [0.5, 0.6) is 0 Å². The number of carbonyl (C=O) groups excluding carboxylic acids is 1. The maximum absolute atomic E-state index is 12.0. The maximum Gasteiger partial charge on any atom is 0.234 e. The largest absolute Gasteiger partial charge is 0.467 e. The van der Waals surface area contributed by atoms with E-state index in [9.17, 15) is 4.79 Å². The molecule has 0 saturated carbocycles. The molecule has 1 aliphatic heterocycles. The molecule has 1 aliphatic rings. The highest BCUT2D eigenvalue weighted by Crippen LogP contribution is 2.10. The van der Waals surface area contributed by atoms with Crippen molar-refractivity contribution in [3.05, 3.63) is 59.5 Å². The Morgan fingerprint density at radius 2 is 1.92 bits per heavy atom. The SMILES string of the molecule is Cc1cccc(CN2CCN(CC(=O)NCc3ccco3)CC2)c1. The van der Waals surface area contributed by atoms with E-state index in [0.29, 0.717) is 13.1 Å². The summed E-state index contributed by atoms with van der Waals surface area (Å²) in [4.78, 5) is 16.7. The molecule has 1 aromatic heterocycles. The van der Waals surface area contributed by atoms with Crippen molar-refractivity contribution < 1.29 is 9.21 Å². The molecule has 5 nitrogen and oxygen atoms in total. The summed E-state index contributed by atoms with van der Waals surface area (Å²) in [7, 11) is 0. The molecule has 0 spiro atoms. The van der Waals surface area contributed by atoms with E-state index in [1.54, 1.807) is 6.26 Å². The molecule has 2 heterocycles. The van der Waals surface area contributed by atoms with Gasteiger partial charge < -0.3 is 9.73 Å². The average Bonchev–Trinajstić information content (AvgIpc) is 3.08. The van der Waals surface area contributed by atoms with Gasteiger partial charge in [-0.15, -0.1) is 0 Å². The van der Waals surface area contributed by atoms with Gasteiger partial charge in [0.15, 0.2) is 0 Å². The van der Waals surface area contributed by atoms with E-state index < -0.39 is 0 Å². The van der Waals surface area contributed by atoms with Crippen LogP contribution in [0.3, 0.4) is 0 Å². The minimum atomic E-state index is 0.0542. The minimum Gasteiger partial charge on any atom is -0.467 e. The number of piperazine rings is 1.